The van der Waals surface area contributed by atoms with Gasteiger partial charge in [-0.05, 0) is 55.6 Å². The van der Waals surface area contributed by atoms with Crippen LogP contribution in [0.25, 0.3) is 0 Å². The highest BCUT2D eigenvalue weighted by atomic mass is 16.5. The molecule has 3 aliphatic carbocycles. The summed E-state index contributed by atoms with van der Waals surface area (Å²) in [5.74, 6) is 1.37. The number of carbonyl (C=O) groups excluding carboxylic acids is 2. The molecule has 5 unspecified atom stereocenters. The first-order valence-corrected chi connectivity index (χ1v) is 10.7. The number of ether oxygens (including phenoxy) is 1. The summed E-state index contributed by atoms with van der Waals surface area (Å²) in [5, 5.41) is 0. The van der Waals surface area contributed by atoms with Gasteiger partial charge in [-0.25, -0.2) is 0 Å². The lowest BCUT2D eigenvalue weighted by Gasteiger charge is -2.40. The molecular formula is C24H34O3. The predicted octanol–water partition coefficient (Wildman–Crippen LogP) is 5.56. The number of hydrogen-bond donors (Lipinski definition) is 0. The van der Waals surface area contributed by atoms with Crippen LogP contribution in [-0.4, -0.2) is 17.9 Å². The van der Waals surface area contributed by atoms with E-state index < -0.39 is 0 Å². The predicted molar refractivity (Wildman–Crippen MR) is 108 cm³/mol. The fraction of sp³-hybridized carbons (Fsp3) is 0.667. The molecule has 0 N–H and O–H groups in total. The zero-order chi connectivity index (χ0) is 19.6. The summed E-state index contributed by atoms with van der Waals surface area (Å²) >= 11 is 0. The van der Waals surface area contributed by atoms with E-state index in [1.807, 2.05) is 19.9 Å². The molecular weight excluding hydrogens is 336 g/mol. The van der Waals surface area contributed by atoms with Crippen LogP contribution in [0.15, 0.2) is 35.5 Å². The quantitative estimate of drug-likeness (QED) is 0.480. The molecule has 0 aliphatic heterocycles. The van der Waals surface area contributed by atoms with E-state index in [4.69, 9.17) is 4.74 Å². The Hall–Kier alpha value is -1.64. The van der Waals surface area contributed by atoms with Crippen molar-refractivity contribution in [3.63, 3.8) is 0 Å². The van der Waals surface area contributed by atoms with Crippen molar-refractivity contribution in [2.24, 2.45) is 23.2 Å². The van der Waals surface area contributed by atoms with Gasteiger partial charge < -0.3 is 4.74 Å². The fourth-order valence-corrected chi connectivity index (χ4v) is 5.39. The normalized spacial score (nSPS) is 34.4. The van der Waals surface area contributed by atoms with E-state index in [0.29, 0.717) is 30.6 Å². The molecule has 0 aromatic carbocycles. The van der Waals surface area contributed by atoms with Crippen LogP contribution in [0.5, 0.6) is 0 Å². The molecule has 148 valence electrons. The first kappa shape index (κ1) is 20.1. The Morgan fingerprint density at radius 1 is 1.37 bits per heavy atom. The van der Waals surface area contributed by atoms with E-state index in [1.54, 1.807) is 0 Å². The minimum atomic E-state index is -0.109. The monoisotopic (exact) mass is 370 g/mol. The van der Waals surface area contributed by atoms with Gasteiger partial charge in [0.15, 0.2) is 5.78 Å². The molecule has 0 aromatic heterocycles. The second kappa shape index (κ2) is 8.16. The van der Waals surface area contributed by atoms with Crippen molar-refractivity contribution in [1.82, 2.24) is 0 Å². The number of fused-ring (bicyclic) bond motifs is 2. The highest BCUT2D eigenvalue weighted by molar-refractivity contribution is 5.91. The molecule has 0 bridgehead atoms. The number of ketones is 1. The zero-order valence-corrected chi connectivity index (χ0v) is 17.3. The van der Waals surface area contributed by atoms with E-state index in [0.717, 1.165) is 32.1 Å². The van der Waals surface area contributed by atoms with E-state index >= 15 is 0 Å². The lowest BCUT2D eigenvalue weighted by Crippen LogP contribution is -2.36. The lowest BCUT2D eigenvalue weighted by molar-refractivity contribution is -0.151. The van der Waals surface area contributed by atoms with Crippen LogP contribution >= 0.6 is 0 Å². The third-order valence-corrected chi connectivity index (χ3v) is 7.01. The van der Waals surface area contributed by atoms with E-state index in [9.17, 15) is 9.59 Å². The van der Waals surface area contributed by atoms with E-state index in [1.165, 1.54) is 11.1 Å². The summed E-state index contributed by atoms with van der Waals surface area (Å²) in [5.41, 5.74) is 2.79. The number of allylic oxidation sites excluding steroid dienone is 6. The van der Waals surface area contributed by atoms with Crippen molar-refractivity contribution >= 4 is 11.8 Å². The third-order valence-electron chi connectivity index (χ3n) is 7.01. The van der Waals surface area contributed by atoms with E-state index in [2.05, 4.69) is 32.1 Å². The summed E-state index contributed by atoms with van der Waals surface area (Å²) in [7, 11) is 0. The molecule has 3 nitrogen and oxygen atoms in total. The molecule has 3 aliphatic rings. The average molecular weight is 371 g/mol. The Morgan fingerprint density at radius 3 is 2.85 bits per heavy atom. The maximum absolute atomic E-state index is 12.1. The first-order chi connectivity index (χ1) is 12.9. The van der Waals surface area contributed by atoms with Crippen molar-refractivity contribution in [3.8, 4) is 0 Å². The van der Waals surface area contributed by atoms with Crippen LogP contribution in [0.3, 0.4) is 0 Å². The fourth-order valence-electron chi connectivity index (χ4n) is 5.39. The summed E-state index contributed by atoms with van der Waals surface area (Å²) in [6, 6.07) is 0. The Bertz CT molecular complexity index is 684. The van der Waals surface area contributed by atoms with Crippen molar-refractivity contribution in [1.29, 1.82) is 0 Å². The molecule has 0 saturated heterocycles. The number of rotatable bonds is 4. The lowest BCUT2D eigenvalue weighted by atomic mass is 9.66. The molecule has 0 saturated carbocycles. The van der Waals surface area contributed by atoms with Crippen molar-refractivity contribution in [3.05, 3.63) is 35.5 Å². The molecule has 3 rings (SSSR count). The SMILES string of the molecule is CCC(=O)OC(C)C1CC=C2CC3(C)CCCC(=O)C=C3C=CC2C1CC. The molecule has 0 amide bonds. The van der Waals surface area contributed by atoms with Crippen LogP contribution in [0.4, 0.5) is 0 Å². The summed E-state index contributed by atoms with van der Waals surface area (Å²) in [4.78, 5) is 23.9. The van der Waals surface area contributed by atoms with Crippen LogP contribution < -0.4 is 0 Å². The van der Waals surface area contributed by atoms with Crippen molar-refractivity contribution < 1.29 is 14.3 Å². The maximum Gasteiger partial charge on any atom is 0.305 e. The van der Waals surface area contributed by atoms with Crippen LogP contribution in [-0.2, 0) is 14.3 Å². The van der Waals surface area contributed by atoms with Gasteiger partial charge in [-0.2, -0.15) is 0 Å². The zero-order valence-electron chi connectivity index (χ0n) is 17.3. The topological polar surface area (TPSA) is 43.4 Å². The highest BCUT2D eigenvalue weighted by Gasteiger charge is 2.41. The minimum Gasteiger partial charge on any atom is -0.462 e. The number of esters is 1. The summed E-state index contributed by atoms with van der Waals surface area (Å²) < 4.78 is 5.68. The van der Waals surface area contributed by atoms with Gasteiger partial charge in [-0.15, -0.1) is 0 Å². The van der Waals surface area contributed by atoms with Crippen molar-refractivity contribution in [2.75, 3.05) is 0 Å². The van der Waals surface area contributed by atoms with Crippen LogP contribution in [0.1, 0.15) is 72.6 Å². The second-order valence-corrected chi connectivity index (χ2v) is 8.84. The van der Waals surface area contributed by atoms with Gasteiger partial charge in [-0.1, -0.05) is 51.0 Å². The van der Waals surface area contributed by atoms with Crippen LogP contribution in [0, 0.1) is 23.2 Å². The van der Waals surface area contributed by atoms with Gasteiger partial charge in [0.05, 0.1) is 0 Å². The van der Waals surface area contributed by atoms with E-state index in [-0.39, 0.29) is 23.3 Å². The summed E-state index contributed by atoms with van der Waals surface area (Å²) in [6.45, 7) is 8.46. The molecule has 0 radical (unpaired) electrons. The Labute approximate surface area is 163 Å². The molecule has 3 heteroatoms. The molecule has 27 heavy (non-hydrogen) atoms. The first-order valence-electron chi connectivity index (χ1n) is 10.7. The van der Waals surface area contributed by atoms with Crippen molar-refractivity contribution in [2.45, 2.75) is 78.7 Å². The standard InChI is InChI=1S/C24H34O3/c1-5-20-21(16(3)27-23(26)6-2)11-9-17-15-24(4)13-7-8-19(25)14-18(24)10-12-22(17)20/h9-10,12,14,16,20-22H,5-8,11,13,15H2,1-4H3. The Balaban J connectivity index is 1.90. The number of hydrogen-bond acceptors (Lipinski definition) is 3. The average Bonchev–Trinajstić information content (AvgIpc) is 2.86. The van der Waals surface area contributed by atoms with Crippen LogP contribution in [0.2, 0.25) is 0 Å². The van der Waals surface area contributed by atoms with Gasteiger partial charge in [0.25, 0.3) is 0 Å². The Morgan fingerprint density at radius 2 is 2.15 bits per heavy atom. The highest BCUT2D eigenvalue weighted by Crippen LogP contribution is 2.50. The third kappa shape index (κ3) is 4.12. The number of carbonyl (C=O) groups is 2. The van der Waals surface area contributed by atoms with Gasteiger partial charge in [0.1, 0.15) is 6.10 Å². The maximum atomic E-state index is 12.1. The smallest absolute Gasteiger partial charge is 0.305 e. The second-order valence-electron chi connectivity index (χ2n) is 8.84. The van der Waals surface area contributed by atoms with Gasteiger partial charge in [0.2, 0.25) is 0 Å². The van der Waals surface area contributed by atoms with Gasteiger partial charge in [-0.3, -0.25) is 9.59 Å². The van der Waals surface area contributed by atoms with Gasteiger partial charge >= 0.3 is 5.97 Å². The molecule has 0 aromatic rings. The summed E-state index contributed by atoms with van der Waals surface area (Å²) in [6.07, 6.45) is 15.0. The van der Waals surface area contributed by atoms with Gasteiger partial charge in [0, 0.05) is 24.7 Å². The molecule has 0 heterocycles. The molecule has 0 fully saturated rings. The minimum absolute atomic E-state index is 0.0567. The molecule has 5 atom stereocenters. The Kier molecular flexibility index (Phi) is 6.08. The largest absolute Gasteiger partial charge is 0.462 e. The molecule has 0 spiro atoms.